The molecule has 17 heavy (non-hydrogen) atoms. The van der Waals surface area contributed by atoms with E-state index in [0.29, 0.717) is 17.6 Å². The van der Waals surface area contributed by atoms with E-state index < -0.39 is 0 Å². The largest absolute Gasteiger partial charge is 0.377 e. The standard InChI is InChI=1S/C14H25NOS/c1-14(2)12(9-7-8-16-13(9)14)15-10-5-4-6-11(10)17-3/h9-13,15H,4-8H2,1-3H3. The molecule has 0 aromatic heterocycles. The Morgan fingerprint density at radius 3 is 2.82 bits per heavy atom. The van der Waals surface area contributed by atoms with E-state index in [2.05, 4.69) is 25.4 Å². The molecule has 0 spiro atoms. The maximum atomic E-state index is 5.87. The van der Waals surface area contributed by atoms with Gasteiger partial charge in [0.15, 0.2) is 0 Å². The summed E-state index contributed by atoms with van der Waals surface area (Å²) in [6.07, 6.45) is 8.23. The lowest BCUT2D eigenvalue weighted by molar-refractivity contribution is -0.115. The highest BCUT2D eigenvalue weighted by molar-refractivity contribution is 7.99. The van der Waals surface area contributed by atoms with Crippen molar-refractivity contribution in [2.75, 3.05) is 12.9 Å². The maximum absolute atomic E-state index is 5.87. The first-order valence-corrected chi connectivity index (χ1v) is 8.34. The van der Waals surface area contributed by atoms with Gasteiger partial charge in [-0.15, -0.1) is 0 Å². The first-order valence-electron chi connectivity index (χ1n) is 7.05. The van der Waals surface area contributed by atoms with Gasteiger partial charge in [0.25, 0.3) is 0 Å². The van der Waals surface area contributed by atoms with Crippen molar-refractivity contribution in [1.82, 2.24) is 5.32 Å². The van der Waals surface area contributed by atoms with Crippen molar-refractivity contribution in [3.8, 4) is 0 Å². The molecule has 2 aliphatic carbocycles. The van der Waals surface area contributed by atoms with Gasteiger partial charge in [-0.25, -0.2) is 0 Å². The Bertz CT molecular complexity index is 294. The molecular formula is C14H25NOS. The molecule has 1 N–H and O–H groups in total. The van der Waals surface area contributed by atoms with E-state index in [9.17, 15) is 0 Å². The Morgan fingerprint density at radius 1 is 1.24 bits per heavy atom. The van der Waals surface area contributed by atoms with Gasteiger partial charge in [-0.3, -0.25) is 0 Å². The normalized spacial score (nSPS) is 47.8. The summed E-state index contributed by atoms with van der Waals surface area (Å²) in [5, 5.41) is 4.82. The van der Waals surface area contributed by atoms with Gasteiger partial charge >= 0.3 is 0 Å². The molecule has 0 aromatic rings. The second kappa shape index (κ2) is 4.43. The number of thioether (sulfide) groups is 1. The average Bonchev–Trinajstić information content (AvgIpc) is 2.93. The van der Waals surface area contributed by atoms with Gasteiger partial charge in [-0.05, 0) is 25.5 Å². The van der Waals surface area contributed by atoms with Gasteiger partial charge in [0.1, 0.15) is 0 Å². The van der Waals surface area contributed by atoms with E-state index >= 15 is 0 Å². The van der Waals surface area contributed by atoms with Gasteiger partial charge in [0, 0.05) is 35.3 Å². The highest BCUT2D eigenvalue weighted by Gasteiger charge is 2.59. The van der Waals surface area contributed by atoms with Crippen LogP contribution in [-0.4, -0.2) is 36.3 Å². The van der Waals surface area contributed by atoms with E-state index in [0.717, 1.165) is 23.8 Å². The molecule has 3 aliphatic rings. The van der Waals surface area contributed by atoms with Gasteiger partial charge in [0.05, 0.1) is 6.10 Å². The molecular weight excluding hydrogens is 230 g/mol. The molecule has 3 rings (SSSR count). The van der Waals surface area contributed by atoms with Crippen LogP contribution < -0.4 is 5.32 Å². The van der Waals surface area contributed by atoms with Crippen molar-refractivity contribution < 1.29 is 4.74 Å². The van der Waals surface area contributed by atoms with Crippen LogP contribution in [0.2, 0.25) is 0 Å². The molecule has 2 nitrogen and oxygen atoms in total. The summed E-state index contributed by atoms with van der Waals surface area (Å²) in [6.45, 7) is 5.73. The van der Waals surface area contributed by atoms with Crippen molar-refractivity contribution in [1.29, 1.82) is 0 Å². The minimum atomic E-state index is 0.340. The third kappa shape index (κ3) is 1.85. The fourth-order valence-corrected chi connectivity index (χ4v) is 5.24. The van der Waals surface area contributed by atoms with Crippen LogP contribution in [0.15, 0.2) is 0 Å². The summed E-state index contributed by atoms with van der Waals surface area (Å²) in [7, 11) is 0. The predicted octanol–water partition coefficient (Wildman–Crippen LogP) is 2.67. The SMILES string of the molecule is CSC1CCCC1NC1C2CCOC2C1(C)C. The zero-order chi connectivity index (χ0) is 12.0. The fraction of sp³-hybridized carbons (Fsp3) is 1.00. The van der Waals surface area contributed by atoms with Crippen LogP contribution in [0.4, 0.5) is 0 Å². The lowest BCUT2D eigenvalue weighted by atomic mass is 9.57. The Balaban J connectivity index is 1.65. The Hall–Kier alpha value is 0.270. The molecule has 3 fully saturated rings. The molecule has 5 atom stereocenters. The Kier molecular flexibility index (Phi) is 3.21. The minimum Gasteiger partial charge on any atom is -0.377 e. The summed E-state index contributed by atoms with van der Waals surface area (Å²) in [6, 6.07) is 1.43. The van der Waals surface area contributed by atoms with Crippen LogP contribution in [0.5, 0.6) is 0 Å². The molecule has 3 heteroatoms. The number of fused-ring (bicyclic) bond motifs is 1. The maximum Gasteiger partial charge on any atom is 0.0685 e. The van der Waals surface area contributed by atoms with E-state index in [1.807, 2.05) is 11.8 Å². The van der Waals surface area contributed by atoms with Crippen LogP contribution in [0.3, 0.4) is 0 Å². The summed E-state index contributed by atoms with van der Waals surface area (Å²) in [5.74, 6) is 0.785. The van der Waals surface area contributed by atoms with Crippen LogP contribution in [0.1, 0.15) is 39.5 Å². The number of hydrogen-bond donors (Lipinski definition) is 1. The lowest BCUT2D eigenvalue weighted by Gasteiger charge is -2.56. The molecule has 1 saturated heterocycles. The van der Waals surface area contributed by atoms with E-state index in [-0.39, 0.29) is 0 Å². The smallest absolute Gasteiger partial charge is 0.0685 e. The third-order valence-electron chi connectivity index (χ3n) is 5.25. The van der Waals surface area contributed by atoms with Crippen molar-refractivity contribution in [3.63, 3.8) is 0 Å². The molecule has 1 heterocycles. The molecule has 5 unspecified atom stereocenters. The summed E-state index contributed by atoms with van der Waals surface area (Å²) >= 11 is 2.05. The van der Waals surface area contributed by atoms with Crippen molar-refractivity contribution in [2.45, 2.75) is 63.0 Å². The topological polar surface area (TPSA) is 21.3 Å². The second-order valence-electron chi connectivity index (χ2n) is 6.52. The van der Waals surface area contributed by atoms with Crippen LogP contribution in [0.25, 0.3) is 0 Å². The number of ether oxygens (including phenoxy) is 1. The zero-order valence-electron chi connectivity index (χ0n) is 11.2. The quantitative estimate of drug-likeness (QED) is 0.838. The lowest BCUT2D eigenvalue weighted by Crippen LogP contribution is -2.67. The molecule has 1 aliphatic heterocycles. The van der Waals surface area contributed by atoms with Crippen LogP contribution in [0, 0.1) is 11.3 Å². The second-order valence-corrected chi connectivity index (χ2v) is 7.60. The first-order chi connectivity index (χ1) is 8.14. The Morgan fingerprint density at radius 2 is 2.06 bits per heavy atom. The van der Waals surface area contributed by atoms with E-state index in [1.54, 1.807) is 0 Å². The summed E-state index contributed by atoms with van der Waals surface area (Å²) in [5.41, 5.74) is 0.340. The highest BCUT2D eigenvalue weighted by Crippen LogP contribution is 2.52. The molecule has 0 radical (unpaired) electrons. The minimum absolute atomic E-state index is 0.340. The first kappa shape index (κ1) is 12.3. The number of nitrogens with one attached hydrogen (secondary N) is 1. The van der Waals surface area contributed by atoms with Gasteiger partial charge < -0.3 is 10.1 Å². The predicted molar refractivity (Wildman–Crippen MR) is 73.5 cm³/mol. The van der Waals surface area contributed by atoms with Gasteiger partial charge in [0.2, 0.25) is 0 Å². The summed E-state index contributed by atoms with van der Waals surface area (Å²) < 4.78 is 5.87. The monoisotopic (exact) mass is 255 g/mol. The fourth-order valence-electron chi connectivity index (χ4n) is 4.29. The van der Waals surface area contributed by atoms with Crippen molar-refractivity contribution in [2.24, 2.45) is 11.3 Å². The van der Waals surface area contributed by atoms with Gasteiger partial charge in [-0.2, -0.15) is 11.8 Å². The average molecular weight is 255 g/mol. The molecule has 0 amide bonds. The molecule has 0 aromatic carbocycles. The Labute approximate surface area is 109 Å². The number of hydrogen-bond acceptors (Lipinski definition) is 3. The highest BCUT2D eigenvalue weighted by atomic mass is 32.2. The van der Waals surface area contributed by atoms with Gasteiger partial charge in [-0.1, -0.05) is 20.3 Å². The van der Waals surface area contributed by atoms with Crippen LogP contribution >= 0.6 is 11.8 Å². The molecule has 0 bridgehead atoms. The van der Waals surface area contributed by atoms with Crippen molar-refractivity contribution >= 4 is 11.8 Å². The molecule has 98 valence electrons. The summed E-state index contributed by atoms with van der Waals surface area (Å²) in [4.78, 5) is 0. The van der Waals surface area contributed by atoms with E-state index in [1.165, 1.54) is 25.7 Å². The van der Waals surface area contributed by atoms with Crippen molar-refractivity contribution in [3.05, 3.63) is 0 Å². The van der Waals surface area contributed by atoms with Crippen LogP contribution in [-0.2, 0) is 4.74 Å². The molecule has 2 saturated carbocycles. The number of rotatable bonds is 3. The third-order valence-corrected chi connectivity index (χ3v) is 6.42. The zero-order valence-corrected chi connectivity index (χ0v) is 12.1. The van der Waals surface area contributed by atoms with E-state index in [4.69, 9.17) is 4.74 Å².